The van der Waals surface area contributed by atoms with E-state index in [1.165, 1.54) is 0 Å². The highest BCUT2D eigenvalue weighted by Crippen LogP contribution is 2.48. The molecule has 1 aromatic rings. The van der Waals surface area contributed by atoms with Crippen LogP contribution in [0.15, 0.2) is 30.3 Å². The minimum atomic E-state index is -0.248. The van der Waals surface area contributed by atoms with E-state index in [1.54, 1.807) is 0 Å². The Morgan fingerprint density at radius 2 is 1.94 bits per heavy atom. The zero-order valence-electron chi connectivity index (χ0n) is 10.7. The van der Waals surface area contributed by atoms with Crippen LogP contribution in [-0.2, 0) is 14.9 Å². The van der Waals surface area contributed by atoms with Crippen LogP contribution in [0.5, 0.6) is 0 Å². The second kappa shape index (κ2) is 4.09. The third-order valence-electron chi connectivity index (χ3n) is 4.09. The van der Waals surface area contributed by atoms with E-state index in [0.717, 1.165) is 38.2 Å². The van der Waals surface area contributed by atoms with Crippen molar-refractivity contribution in [2.24, 2.45) is 5.41 Å². The fourth-order valence-corrected chi connectivity index (χ4v) is 2.54. The molecule has 2 aliphatic rings. The van der Waals surface area contributed by atoms with Gasteiger partial charge in [0.2, 0.25) is 5.91 Å². The van der Waals surface area contributed by atoms with E-state index < -0.39 is 0 Å². The van der Waals surface area contributed by atoms with Gasteiger partial charge in [-0.25, -0.2) is 0 Å². The van der Waals surface area contributed by atoms with Gasteiger partial charge >= 0.3 is 0 Å². The number of hydrogen-bond donors (Lipinski definition) is 1. The summed E-state index contributed by atoms with van der Waals surface area (Å²) in [4.78, 5) is 12.4. The molecular formula is C15H19NO2. The largest absolute Gasteiger partial charge is 0.380 e. The van der Waals surface area contributed by atoms with Crippen molar-refractivity contribution < 1.29 is 9.53 Å². The maximum Gasteiger partial charge on any atom is 0.230 e. The van der Waals surface area contributed by atoms with Gasteiger partial charge in [0.05, 0.1) is 18.6 Å². The SMILES string of the molecule is CC1(CNC(=O)C2(c3ccccc3)CC2)COC1. The van der Waals surface area contributed by atoms with Crippen molar-refractivity contribution in [3.05, 3.63) is 35.9 Å². The number of ether oxygens (including phenoxy) is 1. The molecule has 1 aliphatic heterocycles. The number of carbonyl (C=O) groups excluding carboxylic acids is 1. The molecule has 2 fully saturated rings. The maximum atomic E-state index is 12.4. The van der Waals surface area contributed by atoms with Gasteiger partial charge in [-0.2, -0.15) is 0 Å². The van der Waals surface area contributed by atoms with Gasteiger partial charge in [0.15, 0.2) is 0 Å². The molecule has 96 valence electrons. The van der Waals surface area contributed by atoms with E-state index in [4.69, 9.17) is 4.74 Å². The molecule has 3 nitrogen and oxygen atoms in total. The Labute approximate surface area is 108 Å². The molecule has 3 heteroatoms. The highest BCUT2D eigenvalue weighted by Gasteiger charge is 2.51. The first kappa shape index (κ1) is 11.7. The van der Waals surface area contributed by atoms with Gasteiger partial charge < -0.3 is 10.1 Å². The van der Waals surface area contributed by atoms with Gasteiger partial charge in [-0.1, -0.05) is 37.3 Å². The number of amides is 1. The van der Waals surface area contributed by atoms with Crippen LogP contribution in [0.1, 0.15) is 25.3 Å². The molecule has 1 saturated carbocycles. The fraction of sp³-hybridized carbons (Fsp3) is 0.533. The highest BCUT2D eigenvalue weighted by molar-refractivity contribution is 5.91. The third-order valence-corrected chi connectivity index (χ3v) is 4.09. The summed E-state index contributed by atoms with van der Waals surface area (Å²) in [5, 5.41) is 3.11. The van der Waals surface area contributed by atoms with Crippen molar-refractivity contribution in [3.8, 4) is 0 Å². The van der Waals surface area contributed by atoms with Crippen LogP contribution in [0.4, 0.5) is 0 Å². The van der Waals surface area contributed by atoms with Gasteiger partial charge in [0, 0.05) is 12.0 Å². The Morgan fingerprint density at radius 1 is 1.28 bits per heavy atom. The third kappa shape index (κ3) is 1.93. The molecule has 0 bridgehead atoms. The van der Waals surface area contributed by atoms with Crippen molar-refractivity contribution in [2.45, 2.75) is 25.2 Å². The lowest BCUT2D eigenvalue weighted by molar-refractivity contribution is -0.129. The van der Waals surface area contributed by atoms with Crippen molar-refractivity contribution in [3.63, 3.8) is 0 Å². The van der Waals surface area contributed by atoms with E-state index in [9.17, 15) is 4.79 Å². The molecule has 1 amide bonds. The Hall–Kier alpha value is -1.35. The first-order chi connectivity index (χ1) is 8.65. The van der Waals surface area contributed by atoms with Gasteiger partial charge in [-0.3, -0.25) is 4.79 Å². The zero-order chi connectivity index (χ0) is 12.6. The van der Waals surface area contributed by atoms with Crippen LogP contribution in [-0.4, -0.2) is 25.7 Å². The lowest BCUT2D eigenvalue weighted by Crippen LogP contribution is -2.50. The number of benzene rings is 1. The molecular weight excluding hydrogens is 226 g/mol. The summed E-state index contributed by atoms with van der Waals surface area (Å²) >= 11 is 0. The normalized spacial score (nSPS) is 22.9. The number of rotatable bonds is 4. The Morgan fingerprint density at radius 3 is 2.44 bits per heavy atom. The van der Waals surface area contributed by atoms with E-state index >= 15 is 0 Å². The van der Waals surface area contributed by atoms with Crippen LogP contribution in [0.2, 0.25) is 0 Å². The molecule has 0 aromatic heterocycles. The number of hydrogen-bond acceptors (Lipinski definition) is 2. The van der Waals surface area contributed by atoms with Crippen molar-refractivity contribution in [2.75, 3.05) is 19.8 Å². The molecule has 1 heterocycles. The average Bonchev–Trinajstić information content (AvgIpc) is 3.16. The Bertz CT molecular complexity index is 447. The van der Waals surface area contributed by atoms with Crippen molar-refractivity contribution >= 4 is 5.91 Å². The van der Waals surface area contributed by atoms with Crippen LogP contribution >= 0.6 is 0 Å². The molecule has 18 heavy (non-hydrogen) atoms. The van der Waals surface area contributed by atoms with Crippen LogP contribution in [0.25, 0.3) is 0 Å². The van der Waals surface area contributed by atoms with Crippen LogP contribution < -0.4 is 5.32 Å². The molecule has 0 atom stereocenters. The average molecular weight is 245 g/mol. The predicted molar refractivity (Wildman–Crippen MR) is 69.3 cm³/mol. The van der Waals surface area contributed by atoms with Crippen LogP contribution in [0, 0.1) is 5.41 Å². The molecule has 0 radical (unpaired) electrons. The van der Waals surface area contributed by atoms with E-state index in [2.05, 4.69) is 24.4 Å². The fourth-order valence-electron chi connectivity index (χ4n) is 2.54. The molecule has 0 spiro atoms. The quantitative estimate of drug-likeness (QED) is 0.879. The summed E-state index contributed by atoms with van der Waals surface area (Å²) in [6.07, 6.45) is 1.94. The summed E-state index contributed by atoms with van der Waals surface area (Å²) in [6.45, 7) is 4.39. The second-order valence-corrected chi connectivity index (χ2v) is 5.93. The first-order valence-corrected chi connectivity index (χ1v) is 6.56. The number of carbonyl (C=O) groups is 1. The molecule has 3 rings (SSSR count). The van der Waals surface area contributed by atoms with E-state index in [0.29, 0.717) is 0 Å². The summed E-state index contributed by atoms with van der Waals surface area (Å²) < 4.78 is 5.20. The molecule has 1 saturated heterocycles. The van der Waals surface area contributed by atoms with Gasteiger partial charge in [0.25, 0.3) is 0 Å². The van der Waals surface area contributed by atoms with E-state index in [-0.39, 0.29) is 16.7 Å². The highest BCUT2D eigenvalue weighted by atomic mass is 16.5. The summed E-state index contributed by atoms with van der Waals surface area (Å²) in [5.74, 6) is 0.182. The zero-order valence-corrected chi connectivity index (χ0v) is 10.7. The first-order valence-electron chi connectivity index (χ1n) is 6.56. The Kier molecular flexibility index (Phi) is 2.67. The van der Waals surface area contributed by atoms with Gasteiger partial charge in [0.1, 0.15) is 0 Å². The topological polar surface area (TPSA) is 38.3 Å². The van der Waals surface area contributed by atoms with Gasteiger partial charge in [-0.15, -0.1) is 0 Å². The van der Waals surface area contributed by atoms with Crippen molar-refractivity contribution in [1.29, 1.82) is 0 Å². The molecule has 1 N–H and O–H groups in total. The summed E-state index contributed by atoms with van der Waals surface area (Å²) in [6, 6.07) is 10.1. The van der Waals surface area contributed by atoms with Gasteiger partial charge in [-0.05, 0) is 18.4 Å². The number of nitrogens with one attached hydrogen (secondary N) is 1. The van der Waals surface area contributed by atoms with Crippen LogP contribution in [0.3, 0.4) is 0 Å². The Balaban J connectivity index is 1.65. The minimum absolute atomic E-state index is 0.141. The minimum Gasteiger partial charge on any atom is -0.380 e. The standard InChI is InChI=1S/C15H19NO2/c1-14(10-18-11-14)9-16-13(17)15(7-8-15)12-5-3-2-4-6-12/h2-6H,7-11H2,1H3,(H,16,17). The molecule has 1 aliphatic carbocycles. The lowest BCUT2D eigenvalue weighted by Gasteiger charge is -2.38. The summed E-state index contributed by atoms with van der Waals surface area (Å²) in [7, 11) is 0. The monoisotopic (exact) mass is 245 g/mol. The van der Waals surface area contributed by atoms with Crippen molar-refractivity contribution in [1.82, 2.24) is 5.32 Å². The predicted octanol–water partition coefficient (Wildman–Crippen LogP) is 1.87. The molecule has 0 unspecified atom stereocenters. The smallest absolute Gasteiger partial charge is 0.230 e. The second-order valence-electron chi connectivity index (χ2n) is 5.93. The van der Waals surface area contributed by atoms with E-state index in [1.807, 2.05) is 18.2 Å². The molecule has 1 aromatic carbocycles. The maximum absolute atomic E-state index is 12.4. The lowest BCUT2D eigenvalue weighted by atomic mass is 9.88. The summed E-state index contributed by atoms with van der Waals surface area (Å²) in [5.41, 5.74) is 1.04.